The van der Waals surface area contributed by atoms with Gasteiger partial charge in [-0.3, -0.25) is 0 Å². The summed E-state index contributed by atoms with van der Waals surface area (Å²) >= 11 is 0. The van der Waals surface area contributed by atoms with E-state index in [0.717, 1.165) is 66.8 Å². The lowest BCUT2D eigenvalue weighted by atomic mass is 9.93. The van der Waals surface area contributed by atoms with Gasteiger partial charge in [-0.15, -0.1) is 0 Å². The monoisotopic (exact) mass is 789 g/mol. The number of para-hydroxylation sites is 2. The topological polar surface area (TPSA) is 16.4 Å². The number of hydrogen-bond donors (Lipinski definition) is 0. The van der Waals surface area contributed by atoms with Gasteiger partial charge in [-0.05, 0) is 120 Å². The highest BCUT2D eigenvalue weighted by atomic mass is 16.3. The number of nitrogens with zero attached hydrogens (tertiary/aromatic N) is 1. The molecule has 0 saturated carbocycles. The molecule has 290 valence electrons. The maximum Gasteiger partial charge on any atom is 0.136 e. The molecule has 12 aromatic rings. The fourth-order valence-corrected chi connectivity index (χ4v) is 9.46. The molecular weight excluding hydrogens is 751 g/mol. The van der Waals surface area contributed by atoms with E-state index in [9.17, 15) is 0 Å². The van der Waals surface area contributed by atoms with E-state index < -0.39 is 0 Å². The van der Waals surface area contributed by atoms with Crippen LogP contribution in [0, 0.1) is 0 Å². The minimum absolute atomic E-state index is 0.897. The van der Waals surface area contributed by atoms with Crippen molar-refractivity contribution in [3.8, 4) is 44.5 Å². The Labute approximate surface area is 360 Å². The van der Waals surface area contributed by atoms with E-state index in [1.54, 1.807) is 0 Å². The predicted octanol–water partition coefficient (Wildman–Crippen LogP) is 17.2. The second kappa shape index (κ2) is 14.8. The maximum atomic E-state index is 6.28. The van der Waals surface area contributed by atoms with Gasteiger partial charge >= 0.3 is 0 Å². The molecule has 1 aromatic heterocycles. The normalized spacial score (nSPS) is 11.5. The molecule has 1 heterocycles. The minimum Gasteiger partial charge on any atom is -0.456 e. The molecule has 0 unspecified atom stereocenters. The maximum absolute atomic E-state index is 6.28. The highest BCUT2D eigenvalue weighted by Crippen LogP contribution is 2.44. The van der Waals surface area contributed by atoms with Gasteiger partial charge in [0.2, 0.25) is 0 Å². The highest BCUT2D eigenvalue weighted by Gasteiger charge is 2.19. The average Bonchev–Trinajstić information content (AvgIpc) is 3.73. The van der Waals surface area contributed by atoms with Crippen LogP contribution in [0.3, 0.4) is 0 Å². The second-order valence-corrected chi connectivity index (χ2v) is 16.1. The third kappa shape index (κ3) is 6.12. The number of fused-ring (bicyclic) bond motifs is 7. The molecule has 11 aromatic carbocycles. The van der Waals surface area contributed by atoms with Crippen LogP contribution in [0.5, 0.6) is 0 Å². The lowest BCUT2D eigenvalue weighted by molar-refractivity contribution is 0.669. The molecule has 0 saturated heterocycles. The first kappa shape index (κ1) is 35.7. The number of hydrogen-bond acceptors (Lipinski definition) is 2. The van der Waals surface area contributed by atoms with E-state index >= 15 is 0 Å². The minimum atomic E-state index is 0.897. The predicted molar refractivity (Wildman–Crippen MR) is 263 cm³/mol. The van der Waals surface area contributed by atoms with Gasteiger partial charge in [0.15, 0.2) is 0 Å². The number of anilines is 3. The molecule has 0 amide bonds. The molecule has 0 radical (unpaired) electrons. The van der Waals surface area contributed by atoms with Gasteiger partial charge in [0, 0.05) is 27.7 Å². The molecule has 0 aliphatic rings. The fraction of sp³-hybridized carbons (Fsp3) is 0. The summed E-state index contributed by atoms with van der Waals surface area (Å²) in [6.45, 7) is 0. The number of benzene rings is 11. The SMILES string of the molecule is c1cc(-c2ccc3ccccc3c2)cc(N(c2ccc(-c3cccc4oc5ccccc5c34)cc2)c2ccccc2-c2ccc(-c3cccc4c3ccc3ccccc34)cc2)c1. The largest absolute Gasteiger partial charge is 0.456 e. The van der Waals surface area contributed by atoms with E-state index in [1.165, 1.54) is 49.0 Å². The zero-order valence-corrected chi connectivity index (χ0v) is 33.9. The quantitative estimate of drug-likeness (QED) is 0.150. The number of furan rings is 1. The summed E-state index contributed by atoms with van der Waals surface area (Å²) in [6, 6.07) is 85.6. The van der Waals surface area contributed by atoms with Crippen LogP contribution in [0.1, 0.15) is 0 Å². The molecule has 0 N–H and O–H groups in total. The van der Waals surface area contributed by atoms with E-state index in [4.69, 9.17) is 4.42 Å². The molecule has 0 aliphatic heterocycles. The molecule has 0 bridgehead atoms. The summed E-state index contributed by atoms with van der Waals surface area (Å²) in [4.78, 5) is 2.40. The lowest BCUT2D eigenvalue weighted by Gasteiger charge is -2.28. The molecule has 0 aliphatic carbocycles. The van der Waals surface area contributed by atoms with Crippen molar-refractivity contribution in [2.45, 2.75) is 0 Å². The van der Waals surface area contributed by atoms with E-state index in [0.29, 0.717) is 0 Å². The van der Waals surface area contributed by atoms with Crippen molar-refractivity contribution < 1.29 is 4.42 Å². The Balaban J connectivity index is 0.980. The Morgan fingerprint density at radius 3 is 1.71 bits per heavy atom. The van der Waals surface area contributed by atoms with Crippen molar-refractivity contribution in [3.63, 3.8) is 0 Å². The van der Waals surface area contributed by atoms with Crippen LogP contribution >= 0.6 is 0 Å². The summed E-state index contributed by atoms with van der Waals surface area (Å²) in [5.74, 6) is 0. The Hall–Kier alpha value is -8.20. The van der Waals surface area contributed by atoms with Crippen molar-refractivity contribution in [2.75, 3.05) is 4.90 Å². The lowest BCUT2D eigenvalue weighted by Crippen LogP contribution is -2.11. The van der Waals surface area contributed by atoms with Crippen molar-refractivity contribution in [3.05, 3.63) is 237 Å². The zero-order valence-electron chi connectivity index (χ0n) is 33.9. The third-order valence-electron chi connectivity index (χ3n) is 12.5. The molecule has 0 fully saturated rings. The second-order valence-electron chi connectivity index (χ2n) is 16.1. The van der Waals surface area contributed by atoms with Gasteiger partial charge in [-0.2, -0.15) is 0 Å². The van der Waals surface area contributed by atoms with Crippen LogP contribution in [0.15, 0.2) is 241 Å². The molecular formula is C60H39NO. The smallest absolute Gasteiger partial charge is 0.136 e. The number of rotatable bonds is 7. The fourth-order valence-electron chi connectivity index (χ4n) is 9.46. The van der Waals surface area contributed by atoms with Gasteiger partial charge in [-0.1, -0.05) is 188 Å². The molecule has 12 rings (SSSR count). The first-order chi connectivity index (χ1) is 30.7. The van der Waals surface area contributed by atoms with Gasteiger partial charge in [0.25, 0.3) is 0 Å². The average molecular weight is 790 g/mol. The molecule has 2 nitrogen and oxygen atoms in total. The summed E-state index contributed by atoms with van der Waals surface area (Å²) in [6.07, 6.45) is 0. The van der Waals surface area contributed by atoms with E-state index in [1.807, 2.05) is 12.1 Å². The Kier molecular flexibility index (Phi) is 8.53. The Morgan fingerprint density at radius 1 is 0.274 bits per heavy atom. The van der Waals surface area contributed by atoms with Crippen molar-refractivity contribution >= 4 is 71.3 Å². The summed E-state index contributed by atoms with van der Waals surface area (Å²) in [7, 11) is 0. The van der Waals surface area contributed by atoms with Crippen LogP contribution in [-0.4, -0.2) is 0 Å². The molecule has 2 heteroatoms. The van der Waals surface area contributed by atoms with E-state index in [2.05, 4.69) is 229 Å². The van der Waals surface area contributed by atoms with Crippen molar-refractivity contribution in [1.29, 1.82) is 0 Å². The van der Waals surface area contributed by atoms with Gasteiger partial charge < -0.3 is 9.32 Å². The zero-order chi connectivity index (χ0) is 41.0. The molecule has 0 spiro atoms. The van der Waals surface area contributed by atoms with Crippen molar-refractivity contribution in [2.24, 2.45) is 0 Å². The van der Waals surface area contributed by atoms with Crippen LogP contribution in [0.25, 0.3) is 98.8 Å². The van der Waals surface area contributed by atoms with E-state index in [-0.39, 0.29) is 0 Å². The third-order valence-corrected chi connectivity index (χ3v) is 12.5. The van der Waals surface area contributed by atoms with Gasteiger partial charge in [-0.25, -0.2) is 0 Å². The van der Waals surface area contributed by atoms with Crippen LogP contribution < -0.4 is 4.90 Å². The molecule has 62 heavy (non-hydrogen) atoms. The highest BCUT2D eigenvalue weighted by molar-refractivity contribution is 6.13. The first-order valence-electron chi connectivity index (χ1n) is 21.2. The van der Waals surface area contributed by atoms with Crippen LogP contribution in [0.2, 0.25) is 0 Å². The molecule has 0 atom stereocenters. The summed E-state index contributed by atoms with van der Waals surface area (Å²) in [5, 5.41) is 9.81. The van der Waals surface area contributed by atoms with Crippen LogP contribution in [-0.2, 0) is 0 Å². The van der Waals surface area contributed by atoms with Gasteiger partial charge in [0.05, 0.1) is 5.69 Å². The Morgan fingerprint density at radius 2 is 0.839 bits per heavy atom. The van der Waals surface area contributed by atoms with Crippen LogP contribution in [0.4, 0.5) is 17.1 Å². The first-order valence-corrected chi connectivity index (χ1v) is 21.2. The summed E-state index contributed by atoms with van der Waals surface area (Å²) in [5.41, 5.74) is 14.4. The van der Waals surface area contributed by atoms with Crippen molar-refractivity contribution in [1.82, 2.24) is 0 Å². The standard InChI is InChI=1S/C60H39NO/c1-2-14-45-38-47(31-26-40(45)12-1)46-15-9-16-49(39-46)61(48-35-32-44(33-36-48)53-21-11-25-59-60(53)56-19-6-8-24-58(56)62-59)57-23-7-5-18-52(57)43-29-27-42(28-30-43)51-20-10-22-54-50-17-4-3-13-41(50)34-37-55(51)54/h1-39H. The van der Waals surface area contributed by atoms with Gasteiger partial charge in [0.1, 0.15) is 11.2 Å². The summed E-state index contributed by atoms with van der Waals surface area (Å²) < 4.78 is 6.28. The Bertz CT molecular complexity index is 3630.